The van der Waals surface area contributed by atoms with Crippen LogP contribution in [0.25, 0.3) is 55.6 Å². The second-order valence-corrected chi connectivity index (χ2v) is 17.4. The fraction of sp³-hybridized carbons (Fsp3) is 0.0476. The highest BCUT2D eigenvalue weighted by molar-refractivity contribution is 5.91. The highest BCUT2D eigenvalue weighted by Crippen LogP contribution is 2.54. The van der Waals surface area contributed by atoms with Crippen LogP contribution < -0.4 is 9.80 Å². The molecule has 0 saturated carbocycles. The van der Waals surface area contributed by atoms with Gasteiger partial charge in [-0.2, -0.15) is 0 Å². The van der Waals surface area contributed by atoms with Gasteiger partial charge in [-0.3, -0.25) is 0 Å². The van der Waals surface area contributed by atoms with E-state index in [4.69, 9.17) is 0 Å². The maximum Gasteiger partial charge on any atom is 0.0508 e. The summed E-state index contributed by atoms with van der Waals surface area (Å²) < 4.78 is 0. The van der Waals surface area contributed by atoms with Gasteiger partial charge in [0, 0.05) is 33.9 Å². The summed E-state index contributed by atoms with van der Waals surface area (Å²) in [5.41, 5.74) is 21.4. The Kier molecular flexibility index (Phi) is 10.3. The van der Waals surface area contributed by atoms with Crippen molar-refractivity contribution in [2.75, 3.05) is 9.80 Å². The van der Waals surface area contributed by atoms with E-state index >= 15 is 0 Å². The molecule has 0 spiro atoms. The van der Waals surface area contributed by atoms with Crippen LogP contribution in [0.5, 0.6) is 0 Å². The number of fused-ring (bicyclic) bond motifs is 3. The molecule has 310 valence electrons. The van der Waals surface area contributed by atoms with Crippen molar-refractivity contribution in [3.05, 3.63) is 266 Å². The number of rotatable bonds is 10. The van der Waals surface area contributed by atoms with E-state index in [2.05, 4.69) is 278 Å². The fourth-order valence-electron chi connectivity index (χ4n) is 9.79. The van der Waals surface area contributed by atoms with E-state index in [1.807, 2.05) is 0 Å². The Morgan fingerprint density at radius 1 is 0.246 bits per heavy atom. The lowest BCUT2D eigenvalue weighted by Gasteiger charge is -2.32. The van der Waals surface area contributed by atoms with E-state index in [-0.39, 0.29) is 5.41 Å². The molecule has 0 amide bonds. The maximum absolute atomic E-state index is 2.44. The number of hydrogen-bond acceptors (Lipinski definition) is 2. The van der Waals surface area contributed by atoms with Crippen molar-refractivity contribution in [2.24, 2.45) is 0 Å². The molecule has 0 bridgehead atoms. The number of anilines is 6. The lowest BCUT2D eigenvalue weighted by atomic mass is 9.81. The largest absolute Gasteiger partial charge is 0.311 e. The van der Waals surface area contributed by atoms with Crippen LogP contribution in [0.4, 0.5) is 34.1 Å². The van der Waals surface area contributed by atoms with Crippen molar-refractivity contribution in [3.8, 4) is 55.6 Å². The number of nitrogens with zero attached hydrogens (tertiary/aromatic N) is 2. The molecule has 11 rings (SSSR count). The fourth-order valence-corrected chi connectivity index (χ4v) is 9.79. The molecule has 0 radical (unpaired) electrons. The van der Waals surface area contributed by atoms with Gasteiger partial charge in [0.25, 0.3) is 0 Å². The van der Waals surface area contributed by atoms with E-state index in [1.54, 1.807) is 0 Å². The third-order valence-corrected chi connectivity index (χ3v) is 13.1. The average molecular weight is 833 g/mol. The molecule has 2 heteroatoms. The van der Waals surface area contributed by atoms with Crippen molar-refractivity contribution >= 4 is 34.1 Å². The van der Waals surface area contributed by atoms with Crippen molar-refractivity contribution in [1.82, 2.24) is 0 Å². The van der Waals surface area contributed by atoms with Crippen molar-refractivity contribution in [1.29, 1.82) is 0 Å². The molecule has 0 aliphatic heterocycles. The molecule has 1 aliphatic carbocycles. The lowest BCUT2D eigenvalue weighted by Crippen LogP contribution is -2.20. The summed E-state index contributed by atoms with van der Waals surface area (Å²) in [6, 6.07) is 92.3. The highest BCUT2D eigenvalue weighted by Gasteiger charge is 2.38. The van der Waals surface area contributed by atoms with Gasteiger partial charge in [0.1, 0.15) is 0 Å². The SMILES string of the molecule is CC1(C)c2ccccc2-c2cccc(N(c3ccc(-c4ccccc4)cc3)c3ccc(-c4ccc(N(c5ccc(-c6ccccc6)cc5)c5ccc(-c6ccccc6)cc5)cc4)cc3)c21. The zero-order chi connectivity index (χ0) is 43.7. The first-order valence-electron chi connectivity index (χ1n) is 22.5. The van der Waals surface area contributed by atoms with Crippen LogP contribution in [-0.4, -0.2) is 0 Å². The van der Waals surface area contributed by atoms with E-state index in [0.717, 1.165) is 39.6 Å². The summed E-state index contributed by atoms with van der Waals surface area (Å²) in [7, 11) is 0. The lowest BCUT2D eigenvalue weighted by molar-refractivity contribution is 0.661. The van der Waals surface area contributed by atoms with Gasteiger partial charge in [-0.1, -0.05) is 202 Å². The first-order valence-corrected chi connectivity index (χ1v) is 22.5. The Morgan fingerprint density at radius 2 is 0.538 bits per heavy atom. The average Bonchev–Trinajstić information content (AvgIpc) is 3.62. The molecule has 0 saturated heterocycles. The van der Waals surface area contributed by atoms with Crippen molar-refractivity contribution < 1.29 is 0 Å². The molecule has 2 nitrogen and oxygen atoms in total. The minimum Gasteiger partial charge on any atom is -0.311 e. The molecule has 65 heavy (non-hydrogen) atoms. The predicted octanol–water partition coefficient (Wildman–Crippen LogP) is 17.6. The summed E-state index contributed by atoms with van der Waals surface area (Å²) >= 11 is 0. The Balaban J connectivity index is 0.945. The Morgan fingerprint density at radius 3 is 0.908 bits per heavy atom. The second kappa shape index (κ2) is 16.8. The third kappa shape index (κ3) is 7.49. The van der Waals surface area contributed by atoms with E-state index < -0.39 is 0 Å². The van der Waals surface area contributed by atoms with Gasteiger partial charge in [-0.05, 0) is 133 Å². The molecule has 0 atom stereocenters. The number of hydrogen-bond donors (Lipinski definition) is 0. The van der Waals surface area contributed by atoms with Gasteiger partial charge in [-0.25, -0.2) is 0 Å². The van der Waals surface area contributed by atoms with Gasteiger partial charge >= 0.3 is 0 Å². The smallest absolute Gasteiger partial charge is 0.0508 e. The van der Waals surface area contributed by atoms with Gasteiger partial charge in [0.15, 0.2) is 0 Å². The molecule has 1 aliphatic rings. The Labute approximate surface area is 383 Å². The molecule has 0 aromatic heterocycles. The summed E-state index contributed by atoms with van der Waals surface area (Å²) in [6.07, 6.45) is 0. The Bertz CT molecular complexity index is 3130. The first kappa shape index (κ1) is 39.6. The van der Waals surface area contributed by atoms with Crippen molar-refractivity contribution in [3.63, 3.8) is 0 Å². The zero-order valence-corrected chi connectivity index (χ0v) is 36.6. The predicted molar refractivity (Wildman–Crippen MR) is 275 cm³/mol. The van der Waals surface area contributed by atoms with Gasteiger partial charge in [0.05, 0.1) is 5.69 Å². The summed E-state index contributed by atoms with van der Waals surface area (Å²) in [5.74, 6) is 0. The molecule has 0 unspecified atom stereocenters. The van der Waals surface area contributed by atoms with Crippen LogP contribution in [0.2, 0.25) is 0 Å². The van der Waals surface area contributed by atoms with E-state index in [0.29, 0.717) is 0 Å². The second-order valence-electron chi connectivity index (χ2n) is 17.4. The highest BCUT2D eigenvalue weighted by atomic mass is 15.1. The standard InChI is InChI=1S/C63H48N2/c1-63(2)60-23-13-12-21-58(60)59-22-14-24-61(62(59)63)65(56-41-31-50(32-42-56)47-19-10-5-11-20-47)57-43-33-52(34-44-57)51-29-39-55(40-30-51)64(53-35-25-48(26-36-53)45-15-6-3-7-16-45)54-37-27-49(28-38-54)46-17-8-4-9-18-46/h3-44H,1-2H3. The van der Waals surface area contributed by atoms with E-state index in [9.17, 15) is 0 Å². The van der Waals surface area contributed by atoms with Crippen LogP contribution in [0.3, 0.4) is 0 Å². The quantitative estimate of drug-likeness (QED) is 0.135. The van der Waals surface area contributed by atoms with E-state index in [1.165, 1.54) is 61.3 Å². The van der Waals surface area contributed by atoms with Crippen LogP contribution in [0, 0.1) is 0 Å². The molecule has 0 N–H and O–H groups in total. The molecule has 0 heterocycles. The minimum atomic E-state index is -0.172. The summed E-state index contributed by atoms with van der Waals surface area (Å²) in [6.45, 7) is 4.73. The van der Waals surface area contributed by atoms with Crippen molar-refractivity contribution in [2.45, 2.75) is 19.3 Å². The first-order chi connectivity index (χ1) is 32.0. The third-order valence-electron chi connectivity index (χ3n) is 13.1. The van der Waals surface area contributed by atoms with Crippen LogP contribution >= 0.6 is 0 Å². The molecular weight excluding hydrogens is 785 g/mol. The summed E-state index contributed by atoms with van der Waals surface area (Å²) in [4.78, 5) is 4.79. The molecular formula is C63H48N2. The summed E-state index contributed by atoms with van der Waals surface area (Å²) in [5, 5.41) is 0. The minimum absolute atomic E-state index is 0.172. The van der Waals surface area contributed by atoms with Crippen LogP contribution in [0.1, 0.15) is 25.0 Å². The normalized spacial score (nSPS) is 12.3. The van der Waals surface area contributed by atoms with Gasteiger partial charge < -0.3 is 9.80 Å². The maximum atomic E-state index is 2.44. The van der Waals surface area contributed by atoms with Gasteiger partial charge in [0.2, 0.25) is 0 Å². The molecule has 10 aromatic rings. The number of benzene rings is 10. The van der Waals surface area contributed by atoms with Crippen LogP contribution in [-0.2, 0) is 5.41 Å². The van der Waals surface area contributed by atoms with Gasteiger partial charge in [-0.15, -0.1) is 0 Å². The molecule has 10 aromatic carbocycles. The topological polar surface area (TPSA) is 6.48 Å². The monoisotopic (exact) mass is 832 g/mol. The van der Waals surface area contributed by atoms with Crippen LogP contribution in [0.15, 0.2) is 255 Å². The zero-order valence-electron chi connectivity index (χ0n) is 36.6. The Hall–Kier alpha value is -8.20. The molecule has 0 fully saturated rings.